The normalized spacial score (nSPS) is 16.4. The molecule has 0 saturated carbocycles. The van der Waals surface area contributed by atoms with Gasteiger partial charge in [-0.25, -0.2) is 4.99 Å². The molecule has 1 aromatic carbocycles. The van der Waals surface area contributed by atoms with Crippen molar-refractivity contribution in [2.24, 2.45) is 4.99 Å². The number of thiophene rings is 1. The van der Waals surface area contributed by atoms with Crippen molar-refractivity contribution in [3.05, 3.63) is 62.5 Å². The zero-order valence-electron chi connectivity index (χ0n) is 13.4. The van der Waals surface area contributed by atoms with Crippen LogP contribution in [-0.2, 0) is 0 Å². The van der Waals surface area contributed by atoms with Crippen molar-refractivity contribution in [2.75, 3.05) is 0 Å². The minimum absolute atomic E-state index is 0.443. The van der Waals surface area contributed by atoms with Gasteiger partial charge in [0.2, 0.25) is 6.23 Å². The molecule has 3 aromatic rings. The quantitative estimate of drug-likeness (QED) is 0.720. The fourth-order valence-electron chi connectivity index (χ4n) is 2.91. The molecule has 3 heterocycles. The fourth-order valence-corrected chi connectivity index (χ4v) is 4.25. The molecule has 0 aliphatic carbocycles. The molecule has 1 aliphatic heterocycles. The Morgan fingerprint density at radius 3 is 2.54 bits per heavy atom. The largest absolute Gasteiger partial charge is 0.365 e. The lowest BCUT2D eigenvalue weighted by Gasteiger charge is -2.09. The van der Waals surface area contributed by atoms with E-state index in [1.165, 1.54) is 4.88 Å². The van der Waals surface area contributed by atoms with E-state index in [1.54, 1.807) is 11.3 Å². The van der Waals surface area contributed by atoms with Gasteiger partial charge in [-0.15, -0.1) is 21.5 Å². The van der Waals surface area contributed by atoms with Gasteiger partial charge in [-0.05, 0) is 38.5 Å². The van der Waals surface area contributed by atoms with Crippen LogP contribution < -0.4 is 0 Å². The number of aliphatic imine (C=N–C) groups is 1. The Morgan fingerprint density at radius 2 is 1.83 bits per heavy atom. The topological polar surface area (TPSA) is 63.3 Å². The van der Waals surface area contributed by atoms with Gasteiger partial charge in [-0.3, -0.25) is 4.57 Å². The molecule has 0 bridgehead atoms. The highest BCUT2D eigenvalue weighted by atomic mass is 35.5. The lowest BCUT2D eigenvalue weighted by Crippen LogP contribution is -2.07. The molecular formula is C17H15ClN4OS. The van der Waals surface area contributed by atoms with E-state index >= 15 is 0 Å². The first-order valence-corrected chi connectivity index (χ1v) is 8.71. The zero-order chi connectivity index (χ0) is 17.0. The van der Waals surface area contributed by atoms with E-state index in [9.17, 15) is 5.11 Å². The van der Waals surface area contributed by atoms with E-state index in [-0.39, 0.29) is 0 Å². The number of fused-ring (bicyclic) bond motifs is 3. The second-order valence-corrected chi connectivity index (χ2v) is 7.40. The van der Waals surface area contributed by atoms with Gasteiger partial charge in [-0.2, -0.15) is 0 Å². The average molecular weight is 359 g/mol. The van der Waals surface area contributed by atoms with Crippen LogP contribution in [0.25, 0.3) is 5.00 Å². The Hall–Kier alpha value is -2.02. The van der Waals surface area contributed by atoms with Crippen molar-refractivity contribution in [3.8, 4) is 5.00 Å². The Balaban J connectivity index is 2.04. The Labute approximate surface area is 148 Å². The highest BCUT2D eigenvalue weighted by Gasteiger charge is 2.30. The highest BCUT2D eigenvalue weighted by molar-refractivity contribution is 7.15. The van der Waals surface area contributed by atoms with Crippen molar-refractivity contribution in [1.29, 1.82) is 0 Å². The lowest BCUT2D eigenvalue weighted by molar-refractivity contribution is 0.177. The fraction of sp³-hybridized carbons (Fsp3) is 0.235. The Morgan fingerprint density at radius 1 is 1.12 bits per heavy atom. The van der Waals surface area contributed by atoms with Crippen LogP contribution in [0.3, 0.4) is 0 Å². The maximum Gasteiger partial charge on any atom is 0.207 e. The molecule has 0 saturated heterocycles. The number of aromatic nitrogens is 3. The Bertz CT molecular complexity index is 971. The maximum absolute atomic E-state index is 10.6. The summed E-state index contributed by atoms with van der Waals surface area (Å²) in [6.45, 7) is 6.04. The van der Waals surface area contributed by atoms with E-state index in [0.29, 0.717) is 10.8 Å². The van der Waals surface area contributed by atoms with Crippen molar-refractivity contribution >= 4 is 28.6 Å². The zero-order valence-corrected chi connectivity index (χ0v) is 15.0. The number of aliphatic hydroxyl groups is 1. The summed E-state index contributed by atoms with van der Waals surface area (Å²) in [6, 6.07) is 7.50. The van der Waals surface area contributed by atoms with Crippen LogP contribution in [0.15, 0.2) is 29.3 Å². The molecule has 0 amide bonds. The molecule has 2 aromatic heterocycles. The number of hydrogen-bond acceptors (Lipinski definition) is 5. The number of aliphatic hydroxyl groups excluding tert-OH is 1. The number of benzene rings is 1. The molecule has 24 heavy (non-hydrogen) atoms. The molecule has 0 spiro atoms. The molecule has 1 atom stereocenters. The van der Waals surface area contributed by atoms with Gasteiger partial charge in [0.05, 0.1) is 5.71 Å². The first-order chi connectivity index (χ1) is 11.5. The van der Waals surface area contributed by atoms with Gasteiger partial charge in [0.15, 0.2) is 5.82 Å². The van der Waals surface area contributed by atoms with Gasteiger partial charge < -0.3 is 5.11 Å². The minimum atomic E-state index is -1.06. The summed E-state index contributed by atoms with van der Waals surface area (Å²) in [6.07, 6.45) is -1.06. The molecular weight excluding hydrogens is 344 g/mol. The summed E-state index contributed by atoms with van der Waals surface area (Å²) < 4.78 is 1.90. The third-order valence-corrected chi connectivity index (χ3v) is 5.70. The minimum Gasteiger partial charge on any atom is -0.365 e. The smallest absolute Gasteiger partial charge is 0.207 e. The Kier molecular flexibility index (Phi) is 3.56. The van der Waals surface area contributed by atoms with Crippen LogP contribution in [0, 0.1) is 20.8 Å². The van der Waals surface area contributed by atoms with Crippen molar-refractivity contribution in [2.45, 2.75) is 27.0 Å². The third kappa shape index (κ3) is 2.22. The molecule has 1 N–H and O–H groups in total. The predicted molar refractivity (Wildman–Crippen MR) is 95.5 cm³/mol. The van der Waals surface area contributed by atoms with Crippen LogP contribution in [0.1, 0.15) is 39.4 Å². The van der Waals surface area contributed by atoms with E-state index in [0.717, 1.165) is 33.2 Å². The van der Waals surface area contributed by atoms with Gasteiger partial charge in [0, 0.05) is 21.0 Å². The van der Waals surface area contributed by atoms with Crippen LogP contribution in [-0.4, -0.2) is 25.6 Å². The predicted octanol–water partition coefficient (Wildman–Crippen LogP) is 3.75. The highest BCUT2D eigenvalue weighted by Crippen LogP contribution is 2.38. The maximum atomic E-state index is 10.6. The monoisotopic (exact) mass is 358 g/mol. The van der Waals surface area contributed by atoms with Gasteiger partial charge in [0.1, 0.15) is 10.8 Å². The summed E-state index contributed by atoms with van der Waals surface area (Å²) in [7, 11) is 0. The second kappa shape index (κ2) is 5.51. The molecule has 0 fully saturated rings. The van der Waals surface area contributed by atoms with Crippen LogP contribution in [0.5, 0.6) is 0 Å². The SMILES string of the molecule is Cc1sc2c(c1C)C(c1ccc(Cl)cc1)=NC(O)c1nnc(C)n1-2. The molecule has 4 rings (SSSR count). The molecule has 122 valence electrons. The summed E-state index contributed by atoms with van der Waals surface area (Å²) in [5.41, 5.74) is 3.83. The first-order valence-electron chi connectivity index (χ1n) is 7.52. The molecule has 0 radical (unpaired) electrons. The van der Waals surface area contributed by atoms with E-state index in [4.69, 9.17) is 11.6 Å². The second-order valence-electron chi connectivity index (χ2n) is 5.76. The van der Waals surface area contributed by atoms with Crippen LogP contribution >= 0.6 is 22.9 Å². The van der Waals surface area contributed by atoms with Gasteiger partial charge in [-0.1, -0.05) is 23.7 Å². The van der Waals surface area contributed by atoms with Crippen molar-refractivity contribution < 1.29 is 5.11 Å². The number of nitrogens with zero attached hydrogens (tertiary/aromatic N) is 4. The van der Waals surface area contributed by atoms with Gasteiger partial charge >= 0.3 is 0 Å². The molecule has 1 unspecified atom stereocenters. The third-order valence-electron chi connectivity index (χ3n) is 4.26. The lowest BCUT2D eigenvalue weighted by atomic mass is 10.00. The van der Waals surface area contributed by atoms with E-state index in [2.05, 4.69) is 29.0 Å². The summed E-state index contributed by atoms with van der Waals surface area (Å²) in [5, 5.41) is 20.4. The number of rotatable bonds is 1. The number of hydrogen-bond donors (Lipinski definition) is 1. The first kappa shape index (κ1) is 15.5. The number of aryl methyl sites for hydroxylation is 2. The van der Waals surface area contributed by atoms with Crippen molar-refractivity contribution in [3.63, 3.8) is 0 Å². The standard InChI is InChI=1S/C17H15ClN4OS/c1-8-9(2)24-17-13(8)14(11-4-6-12(18)7-5-11)19-16(23)15-21-20-10(3)22(15)17/h4-7,16,23H,1-3H3. The summed E-state index contributed by atoms with van der Waals surface area (Å²) in [5.74, 6) is 1.18. The van der Waals surface area contributed by atoms with Crippen LogP contribution in [0.2, 0.25) is 5.02 Å². The summed E-state index contributed by atoms with van der Waals surface area (Å²) in [4.78, 5) is 5.76. The molecule has 7 heteroatoms. The van der Waals surface area contributed by atoms with E-state index < -0.39 is 6.23 Å². The van der Waals surface area contributed by atoms with Crippen LogP contribution in [0.4, 0.5) is 0 Å². The molecule has 5 nitrogen and oxygen atoms in total. The van der Waals surface area contributed by atoms with E-state index in [1.807, 2.05) is 35.8 Å². The number of halogens is 1. The molecule has 1 aliphatic rings. The average Bonchev–Trinajstić information content (AvgIpc) is 3.03. The van der Waals surface area contributed by atoms with Gasteiger partial charge in [0.25, 0.3) is 0 Å². The van der Waals surface area contributed by atoms with Crippen molar-refractivity contribution in [1.82, 2.24) is 14.8 Å². The summed E-state index contributed by atoms with van der Waals surface area (Å²) >= 11 is 7.67.